The predicted molar refractivity (Wildman–Crippen MR) is 101 cm³/mol. The molecule has 1 N–H and O–H groups in total. The minimum Gasteiger partial charge on any atom is -0.473 e. The molecule has 3 rings (SSSR count). The highest BCUT2D eigenvalue weighted by atomic mass is 19.1. The molecule has 1 aliphatic carbocycles. The van der Waals surface area contributed by atoms with Crippen molar-refractivity contribution >= 4 is 12.0 Å². The van der Waals surface area contributed by atoms with Gasteiger partial charge in [-0.2, -0.15) is 0 Å². The lowest BCUT2D eigenvalue weighted by molar-refractivity contribution is 0.0531. The Morgan fingerprint density at radius 2 is 2.14 bits per heavy atom. The molecule has 1 aliphatic heterocycles. The molecule has 0 spiro atoms. The van der Waals surface area contributed by atoms with Crippen molar-refractivity contribution in [3.05, 3.63) is 35.3 Å². The van der Waals surface area contributed by atoms with E-state index in [9.17, 15) is 14.0 Å². The van der Waals surface area contributed by atoms with Gasteiger partial charge in [-0.05, 0) is 39.7 Å². The fourth-order valence-electron chi connectivity index (χ4n) is 2.95. The molecule has 0 unspecified atom stereocenters. The van der Waals surface area contributed by atoms with Gasteiger partial charge in [-0.3, -0.25) is 4.79 Å². The molecule has 0 radical (unpaired) electrons. The topological polar surface area (TPSA) is 80.8 Å². The number of ether oxygens (including phenoxy) is 2. The van der Waals surface area contributed by atoms with Crippen LogP contribution in [-0.2, 0) is 11.2 Å². The van der Waals surface area contributed by atoms with Crippen LogP contribution >= 0.6 is 0 Å². The van der Waals surface area contributed by atoms with Gasteiger partial charge in [0.2, 0.25) is 5.88 Å². The Kier molecular flexibility index (Phi) is 5.86. The van der Waals surface area contributed by atoms with E-state index >= 15 is 0 Å². The molecule has 0 saturated heterocycles. The molecule has 1 aromatic rings. The van der Waals surface area contributed by atoms with Crippen molar-refractivity contribution in [2.75, 3.05) is 19.7 Å². The molecule has 1 saturated carbocycles. The summed E-state index contributed by atoms with van der Waals surface area (Å²) in [6, 6.07) is 3.71. The van der Waals surface area contributed by atoms with Crippen LogP contribution in [0.5, 0.6) is 5.88 Å². The van der Waals surface area contributed by atoms with Crippen LogP contribution in [0.25, 0.3) is 0 Å². The fourth-order valence-corrected chi connectivity index (χ4v) is 2.95. The summed E-state index contributed by atoms with van der Waals surface area (Å²) >= 11 is 0. The van der Waals surface area contributed by atoms with Crippen LogP contribution in [0, 0.1) is 0 Å². The third kappa shape index (κ3) is 5.21. The average molecular weight is 391 g/mol. The number of hydrogen-bond donors (Lipinski definition) is 1. The molecule has 0 atom stereocenters. The predicted octanol–water partition coefficient (Wildman–Crippen LogP) is 3.00. The summed E-state index contributed by atoms with van der Waals surface area (Å²) in [6.07, 6.45) is 2.60. The largest absolute Gasteiger partial charge is 0.473 e. The smallest absolute Gasteiger partial charge is 0.407 e. The van der Waals surface area contributed by atoms with E-state index in [1.54, 1.807) is 32.9 Å². The summed E-state index contributed by atoms with van der Waals surface area (Å²) < 4.78 is 23.7. The molecule has 7 nitrogen and oxygen atoms in total. The molecule has 28 heavy (non-hydrogen) atoms. The number of pyridine rings is 1. The molecule has 152 valence electrons. The first-order valence-electron chi connectivity index (χ1n) is 9.45. The number of rotatable bonds is 6. The number of carbonyl (C=O) groups excluding carboxylic acids is 2. The second-order valence-corrected chi connectivity index (χ2v) is 8.03. The number of amides is 2. The van der Waals surface area contributed by atoms with Crippen molar-refractivity contribution < 1.29 is 23.5 Å². The number of fused-ring (bicyclic) bond motifs is 1. The number of aromatic nitrogens is 1. The van der Waals surface area contributed by atoms with Crippen molar-refractivity contribution in [3.8, 4) is 5.88 Å². The first-order valence-corrected chi connectivity index (χ1v) is 9.45. The van der Waals surface area contributed by atoms with Crippen molar-refractivity contribution in [1.29, 1.82) is 0 Å². The second-order valence-electron chi connectivity index (χ2n) is 8.03. The monoisotopic (exact) mass is 391 g/mol. The van der Waals surface area contributed by atoms with E-state index in [0.717, 1.165) is 12.8 Å². The number of alkyl carbamates (subject to hydrolysis) is 1. The summed E-state index contributed by atoms with van der Waals surface area (Å²) in [6.45, 7) is 5.81. The highest BCUT2D eigenvalue weighted by molar-refractivity contribution is 5.96. The van der Waals surface area contributed by atoms with Gasteiger partial charge < -0.3 is 19.7 Å². The number of nitrogens with zero attached hydrogens (tertiary/aromatic N) is 2. The van der Waals surface area contributed by atoms with E-state index in [1.165, 1.54) is 0 Å². The van der Waals surface area contributed by atoms with Gasteiger partial charge in [0.1, 0.15) is 12.2 Å². The van der Waals surface area contributed by atoms with Gasteiger partial charge in [0.25, 0.3) is 5.91 Å². The van der Waals surface area contributed by atoms with E-state index in [0.29, 0.717) is 42.5 Å². The zero-order valence-electron chi connectivity index (χ0n) is 16.5. The first kappa shape index (κ1) is 20.1. The van der Waals surface area contributed by atoms with Crippen LogP contribution in [0.3, 0.4) is 0 Å². The standard InChI is InChI=1S/C20H26FN3O4/c1-20(2,3)28-19(26)22-11-13(10-21)12-27-17-7-6-15-16(23-17)8-9-24(18(15)25)14-4-5-14/h6-7,10,14H,4-5,8-9,11-12H2,1-3H3,(H,22,26). The van der Waals surface area contributed by atoms with Crippen molar-refractivity contribution in [2.24, 2.45) is 0 Å². The Balaban J connectivity index is 1.53. The Bertz CT molecular complexity index is 784. The Morgan fingerprint density at radius 3 is 2.79 bits per heavy atom. The normalized spacial score (nSPS) is 17.2. The van der Waals surface area contributed by atoms with Gasteiger partial charge in [-0.25, -0.2) is 14.2 Å². The lowest BCUT2D eigenvalue weighted by Crippen LogP contribution is -2.39. The third-order valence-corrected chi connectivity index (χ3v) is 4.44. The minimum atomic E-state index is -0.627. The lowest BCUT2D eigenvalue weighted by Gasteiger charge is -2.28. The summed E-state index contributed by atoms with van der Waals surface area (Å²) in [7, 11) is 0. The SMILES string of the molecule is CC(C)(C)OC(=O)NCC(=CF)COc1ccc2c(n1)CCN(C1CC1)C2=O. The molecule has 2 aliphatic rings. The number of hydrogen-bond acceptors (Lipinski definition) is 5. The van der Waals surface area contributed by atoms with Gasteiger partial charge in [0.05, 0.1) is 17.6 Å². The molecule has 1 aromatic heterocycles. The maximum Gasteiger partial charge on any atom is 0.407 e. The van der Waals surface area contributed by atoms with Gasteiger partial charge in [-0.1, -0.05) is 0 Å². The Hall–Kier alpha value is -2.64. The number of nitrogens with one attached hydrogen (secondary N) is 1. The van der Waals surface area contributed by atoms with E-state index in [-0.39, 0.29) is 24.6 Å². The quantitative estimate of drug-likeness (QED) is 0.806. The highest BCUT2D eigenvalue weighted by Crippen LogP contribution is 2.31. The minimum absolute atomic E-state index is 0.0219. The summed E-state index contributed by atoms with van der Waals surface area (Å²) in [5.74, 6) is 0.344. The number of carbonyl (C=O) groups is 2. The molecule has 0 bridgehead atoms. The average Bonchev–Trinajstić information content (AvgIpc) is 3.45. The van der Waals surface area contributed by atoms with Crippen LogP contribution < -0.4 is 10.1 Å². The molecular weight excluding hydrogens is 365 g/mol. The first-order chi connectivity index (χ1) is 13.3. The van der Waals surface area contributed by atoms with E-state index in [2.05, 4.69) is 10.3 Å². The van der Waals surface area contributed by atoms with Crippen molar-refractivity contribution in [3.63, 3.8) is 0 Å². The van der Waals surface area contributed by atoms with Crippen LogP contribution in [0.15, 0.2) is 24.0 Å². The van der Waals surface area contributed by atoms with Crippen molar-refractivity contribution in [1.82, 2.24) is 15.2 Å². The molecule has 2 heterocycles. The lowest BCUT2D eigenvalue weighted by atomic mass is 10.0. The van der Waals surface area contributed by atoms with Gasteiger partial charge in [0, 0.05) is 37.2 Å². The van der Waals surface area contributed by atoms with Gasteiger partial charge in [0.15, 0.2) is 0 Å². The molecule has 1 fully saturated rings. The third-order valence-electron chi connectivity index (χ3n) is 4.44. The fraction of sp³-hybridized carbons (Fsp3) is 0.550. The Labute approximate surface area is 163 Å². The van der Waals surface area contributed by atoms with Crippen LogP contribution in [-0.4, -0.2) is 53.2 Å². The zero-order chi connectivity index (χ0) is 20.3. The van der Waals surface area contributed by atoms with E-state index < -0.39 is 11.7 Å². The van der Waals surface area contributed by atoms with Crippen LogP contribution in [0.2, 0.25) is 0 Å². The summed E-state index contributed by atoms with van der Waals surface area (Å²) in [4.78, 5) is 30.5. The second kappa shape index (κ2) is 8.16. The summed E-state index contributed by atoms with van der Waals surface area (Å²) in [5.41, 5.74) is 0.927. The van der Waals surface area contributed by atoms with Gasteiger partial charge >= 0.3 is 6.09 Å². The maximum absolute atomic E-state index is 13.1. The van der Waals surface area contributed by atoms with E-state index in [1.807, 2.05) is 4.90 Å². The molecule has 0 aromatic carbocycles. The molecular formula is C20H26FN3O4. The number of halogens is 1. The van der Waals surface area contributed by atoms with Crippen LogP contribution in [0.1, 0.15) is 49.7 Å². The van der Waals surface area contributed by atoms with Crippen molar-refractivity contribution in [2.45, 2.75) is 51.7 Å². The molecule has 2 amide bonds. The van der Waals surface area contributed by atoms with E-state index in [4.69, 9.17) is 9.47 Å². The maximum atomic E-state index is 13.1. The van der Waals surface area contributed by atoms with Crippen LogP contribution in [0.4, 0.5) is 9.18 Å². The Morgan fingerprint density at radius 1 is 1.39 bits per heavy atom. The highest BCUT2D eigenvalue weighted by Gasteiger charge is 2.36. The summed E-state index contributed by atoms with van der Waals surface area (Å²) in [5, 5.41) is 2.48. The van der Waals surface area contributed by atoms with Gasteiger partial charge in [-0.15, -0.1) is 0 Å². The molecule has 8 heteroatoms. The zero-order valence-corrected chi connectivity index (χ0v) is 16.5.